The molecule has 0 saturated heterocycles. The number of anilines is 3. The molecule has 5 nitrogen and oxygen atoms in total. The van der Waals surface area contributed by atoms with E-state index in [1.54, 1.807) is 18.0 Å². The summed E-state index contributed by atoms with van der Waals surface area (Å²) < 4.78 is 0. The highest BCUT2D eigenvalue weighted by atomic mass is 32.1. The molecule has 102 valence electrons. The minimum absolute atomic E-state index is 0.0696. The van der Waals surface area contributed by atoms with Gasteiger partial charge in [-0.25, -0.2) is 4.79 Å². The van der Waals surface area contributed by atoms with Gasteiger partial charge in [-0.15, -0.1) is 11.3 Å². The Balaban J connectivity index is 1.71. The first-order valence-electron chi connectivity index (χ1n) is 6.14. The van der Waals surface area contributed by atoms with Crippen LogP contribution in [0.1, 0.15) is 5.56 Å². The number of hydrogen-bond donors (Lipinski definition) is 2. The Morgan fingerprint density at radius 3 is 2.90 bits per heavy atom. The molecule has 2 heterocycles. The van der Waals surface area contributed by atoms with Crippen molar-refractivity contribution in [3.63, 3.8) is 0 Å². The van der Waals surface area contributed by atoms with Gasteiger partial charge in [-0.05, 0) is 41.3 Å². The standard InChI is InChI=1S/C14H13N3O2S/c1-17-11-5-4-10(7-9(11)8-13(17)18)15-14(19)16-12-3-2-6-20-12/h2-7H,8H2,1H3,(H2,15,16,19). The number of fused-ring (bicyclic) bond motifs is 1. The normalized spacial score (nSPS) is 13.2. The van der Waals surface area contributed by atoms with Crippen molar-refractivity contribution >= 4 is 39.7 Å². The highest BCUT2D eigenvalue weighted by Crippen LogP contribution is 2.30. The maximum absolute atomic E-state index is 11.8. The molecular weight excluding hydrogens is 274 g/mol. The Morgan fingerprint density at radius 1 is 1.30 bits per heavy atom. The van der Waals surface area contributed by atoms with Gasteiger partial charge in [0.15, 0.2) is 0 Å². The summed E-state index contributed by atoms with van der Waals surface area (Å²) in [5.74, 6) is 0.0696. The van der Waals surface area contributed by atoms with Crippen LogP contribution < -0.4 is 15.5 Å². The molecule has 0 radical (unpaired) electrons. The maximum atomic E-state index is 11.8. The molecule has 3 amide bonds. The summed E-state index contributed by atoms with van der Waals surface area (Å²) in [5.41, 5.74) is 2.52. The summed E-state index contributed by atoms with van der Waals surface area (Å²) >= 11 is 1.46. The van der Waals surface area contributed by atoms with E-state index in [-0.39, 0.29) is 11.9 Å². The van der Waals surface area contributed by atoms with Crippen LogP contribution in [-0.4, -0.2) is 19.0 Å². The minimum Gasteiger partial charge on any atom is -0.315 e. The highest BCUT2D eigenvalue weighted by Gasteiger charge is 2.23. The molecule has 0 bridgehead atoms. The van der Waals surface area contributed by atoms with Gasteiger partial charge in [0.2, 0.25) is 5.91 Å². The van der Waals surface area contributed by atoms with Crippen molar-refractivity contribution in [3.8, 4) is 0 Å². The number of carbonyl (C=O) groups excluding carboxylic acids is 2. The summed E-state index contributed by atoms with van der Waals surface area (Å²) in [6.07, 6.45) is 0.383. The highest BCUT2D eigenvalue weighted by molar-refractivity contribution is 7.14. The van der Waals surface area contributed by atoms with Crippen molar-refractivity contribution in [1.29, 1.82) is 0 Å². The third kappa shape index (κ3) is 2.37. The molecule has 20 heavy (non-hydrogen) atoms. The Labute approximate surface area is 120 Å². The van der Waals surface area contributed by atoms with E-state index in [9.17, 15) is 9.59 Å². The van der Waals surface area contributed by atoms with Crippen LogP contribution in [0.2, 0.25) is 0 Å². The lowest BCUT2D eigenvalue weighted by atomic mass is 10.1. The van der Waals surface area contributed by atoms with Crippen molar-refractivity contribution < 1.29 is 9.59 Å². The lowest BCUT2D eigenvalue weighted by Gasteiger charge is -2.11. The molecule has 1 aromatic carbocycles. The van der Waals surface area contributed by atoms with Crippen LogP contribution in [0.3, 0.4) is 0 Å². The second kappa shape index (κ2) is 4.97. The largest absolute Gasteiger partial charge is 0.324 e. The van der Waals surface area contributed by atoms with Gasteiger partial charge in [-0.1, -0.05) is 0 Å². The van der Waals surface area contributed by atoms with Gasteiger partial charge < -0.3 is 10.2 Å². The van der Waals surface area contributed by atoms with Crippen LogP contribution in [0.5, 0.6) is 0 Å². The number of nitrogens with zero attached hydrogens (tertiary/aromatic N) is 1. The first kappa shape index (κ1) is 12.7. The molecule has 2 aromatic rings. The van der Waals surface area contributed by atoms with Gasteiger partial charge in [0, 0.05) is 18.4 Å². The lowest BCUT2D eigenvalue weighted by Crippen LogP contribution is -2.20. The second-order valence-corrected chi connectivity index (χ2v) is 5.48. The summed E-state index contributed by atoms with van der Waals surface area (Å²) in [4.78, 5) is 25.0. The third-order valence-corrected chi connectivity index (χ3v) is 3.96. The van der Waals surface area contributed by atoms with Crippen molar-refractivity contribution in [2.45, 2.75) is 6.42 Å². The van der Waals surface area contributed by atoms with Crippen LogP contribution in [0, 0.1) is 0 Å². The molecule has 2 N–H and O–H groups in total. The van der Waals surface area contributed by atoms with E-state index in [1.165, 1.54) is 11.3 Å². The van der Waals surface area contributed by atoms with E-state index in [1.807, 2.05) is 29.6 Å². The molecule has 1 aliphatic heterocycles. The van der Waals surface area contributed by atoms with Crippen molar-refractivity contribution in [3.05, 3.63) is 41.3 Å². The number of carbonyl (C=O) groups is 2. The number of urea groups is 1. The van der Waals surface area contributed by atoms with Crippen molar-refractivity contribution in [2.75, 3.05) is 22.6 Å². The van der Waals surface area contributed by atoms with Crippen molar-refractivity contribution in [2.24, 2.45) is 0 Å². The molecule has 0 unspecified atom stereocenters. The first-order chi connectivity index (χ1) is 9.63. The molecule has 6 heteroatoms. The van der Waals surface area contributed by atoms with Gasteiger partial charge in [-0.3, -0.25) is 10.1 Å². The van der Waals surface area contributed by atoms with E-state index in [4.69, 9.17) is 0 Å². The Hall–Kier alpha value is -2.34. The molecule has 0 fully saturated rings. The Kier molecular flexibility index (Phi) is 3.15. The van der Waals surface area contributed by atoms with Crippen LogP contribution in [0.25, 0.3) is 0 Å². The molecule has 0 aliphatic carbocycles. The molecule has 0 atom stereocenters. The zero-order chi connectivity index (χ0) is 14.1. The van der Waals surface area contributed by atoms with Crippen LogP contribution in [-0.2, 0) is 11.2 Å². The summed E-state index contributed by atoms with van der Waals surface area (Å²) in [6.45, 7) is 0. The zero-order valence-corrected chi connectivity index (χ0v) is 11.7. The number of rotatable bonds is 2. The van der Waals surface area contributed by atoms with Crippen LogP contribution >= 0.6 is 11.3 Å². The van der Waals surface area contributed by atoms with E-state index in [0.29, 0.717) is 12.1 Å². The number of hydrogen-bond acceptors (Lipinski definition) is 3. The molecule has 1 aromatic heterocycles. The van der Waals surface area contributed by atoms with E-state index in [2.05, 4.69) is 10.6 Å². The van der Waals surface area contributed by atoms with Gasteiger partial charge in [0.05, 0.1) is 11.4 Å². The first-order valence-corrected chi connectivity index (χ1v) is 7.02. The molecule has 0 spiro atoms. The lowest BCUT2D eigenvalue weighted by molar-refractivity contribution is -0.117. The van der Waals surface area contributed by atoms with Gasteiger partial charge >= 0.3 is 6.03 Å². The number of benzene rings is 1. The monoisotopic (exact) mass is 287 g/mol. The molecule has 1 aliphatic rings. The zero-order valence-electron chi connectivity index (χ0n) is 10.8. The fraction of sp³-hybridized carbons (Fsp3) is 0.143. The van der Waals surface area contributed by atoms with E-state index < -0.39 is 0 Å². The fourth-order valence-electron chi connectivity index (χ4n) is 2.17. The number of amides is 3. The SMILES string of the molecule is CN1C(=O)Cc2cc(NC(=O)Nc3cccs3)ccc21. The van der Waals surface area contributed by atoms with Gasteiger partial charge in [0.25, 0.3) is 0 Å². The Morgan fingerprint density at radius 2 is 2.15 bits per heavy atom. The summed E-state index contributed by atoms with van der Waals surface area (Å²) in [7, 11) is 1.75. The molecule has 3 rings (SSSR count). The number of nitrogens with one attached hydrogen (secondary N) is 2. The quantitative estimate of drug-likeness (QED) is 0.892. The summed E-state index contributed by atoms with van der Waals surface area (Å²) in [5, 5.41) is 8.20. The van der Waals surface area contributed by atoms with Gasteiger partial charge in [-0.2, -0.15) is 0 Å². The predicted octanol–water partition coefficient (Wildman–Crippen LogP) is 2.91. The third-order valence-electron chi connectivity index (χ3n) is 3.17. The predicted molar refractivity (Wildman–Crippen MR) is 80.5 cm³/mol. The van der Waals surface area contributed by atoms with E-state index in [0.717, 1.165) is 16.3 Å². The van der Waals surface area contributed by atoms with Crippen LogP contribution in [0.15, 0.2) is 35.7 Å². The smallest absolute Gasteiger partial charge is 0.315 e. The fourth-order valence-corrected chi connectivity index (χ4v) is 2.78. The molecular formula is C14H13N3O2S. The van der Waals surface area contributed by atoms with E-state index >= 15 is 0 Å². The van der Waals surface area contributed by atoms with Crippen molar-refractivity contribution in [1.82, 2.24) is 0 Å². The number of likely N-dealkylation sites (N-methyl/N-ethyl adjacent to an activating group) is 1. The van der Waals surface area contributed by atoms with Crippen LogP contribution in [0.4, 0.5) is 21.2 Å². The topological polar surface area (TPSA) is 61.4 Å². The molecule has 0 saturated carbocycles. The maximum Gasteiger partial charge on any atom is 0.324 e. The Bertz CT molecular complexity index is 667. The summed E-state index contributed by atoms with van der Waals surface area (Å²) in [6, 6.07) is 8.90. The number of thiophene rings is 1. The average molecular weight is 287 g/mol. The second-order valence-electron chi connectivity index (χ2n) is 4.53. The minimum atomic E-state index is -0.287. The van der Waals surface area contributed by atoms with Gasteiger partial charge in [0.1, 0.15) is 0 Å². The average Bonchev–Trinajstić information content (AvgIpc) is 2.99.